The number of aromatic nitrogens is 4. The number of aryl methyl sites for hydroxylation is 2. The van der Waals surface area contributed by atoms with Crippen molar-refractivity contribution in [1.82, 2.24) is 24.9 Å². The molecule has 3 rings (SSSR count). The number of rotatable bonds is 5. The maximum Gasteiger partial charge on any atom is 0.435 e. The molecule has 0 aliphatic heterocycles. The largest absolute Gasteiger partial charge is 0.435 e. The second-order valence-corrected chi connectivity index (χ2v) is 6.86. The number of halogens is 3. The van der Waals surface area contributed by atoms with Crippen LogP contribution in [-0.4, -0.2) is 25.5 Å². The van der Waals surface area contributed by atoms with Gasteiger partial charge in [-0.15, -0.1) is 0 Å². The van der Waals surface area contributed by atoms with Crippen LogP contribution in [0.2, 0.25) is 0 Å². The Kier molecular flexibility index (Phi) is 5.57. The zero-order chi connectivity index (χ0) is 19.6. The molecule has 0 saturated heterocycles. The van der Waals surface area contributed by atoms with Gasteiger partial charge in [0.2, 0.25) is 5.91 Å². The van der Waals surface area contributed by atoms with Gasteiger partial charge in [0.05, 0.1) is 5.69 Å². The summed E-state index contributed by atoms with van der Waals surface area (Å²) in [7, 11) is 0. The molecule has 1 N–H and O–H groups in total. The number of nitrogens with zero attached hydrogens (tertiary/aromatic N) is 4. The minimum Gasteiger partial charge on any atom is -0.350 e. The summed E-state index contributed by atoms with van der Waals surface area (Å²) < 4.78 is 43.0. The third kappa shape index (κ3) is 4.33. The first kappa shape index (κ1) is 19.4. The van der Waals surface area contributed by atoms with Crippen molar-refractivity contribution in [2.24, 2.45) is 0 Å². The fourth-order valence-electron chi connectivity index (χ4n) is 3.49. The zero-order valence-corrected chi connectivity index (χ0v) is 15.6. The Morgan fingerprint density at radius 1 is 1.22 bits per heavy atom. The Morgan fingerprint density at radius 2 is 1.96 bits per heavy atom. The summed E-state index contributed by atoms with van der Waals surface area (Å²) in [6.07, 6.45) is 0.662. The lowest BCUT2D eigenvalue weighted by Crippen LogP contribution is -2.28. The highest BCUT2D eigenvalue weighted by Gasteiger charge is 2.39. The molecule has 0 radical (unpaired) electrons. The first-order valence-electron chi connectivity index (χ1n) is 9.25. The monoisotopic (exact) mass is 383 g/mol. The lowest BCUT2D eigenvalue weighted by molar-refractivity contribution is -0.142. The van der Waals surface area contributed by atoms with E-state index in [1.54, 1.807) is 4.68 Å². The van der Waals surface area contributed by atoms with Gasteiger partial charge in [0.25, 0.3) is 0 Å². The standard InChI is InChI=1S/C18H24F3N5O/c1-3-25-10-13(12(2)23-25)9-22-16(27)11-26-15-8-6-4-5-7-14(15)17(24-26)18(19,20)21/h10H,3-9,11H2,1-2H3,(H,22,27). The van der Waals surface area contributed by atoms with E-state index in [0.29, 0.717) is 31.5 Å². The van der Waals surface area contributed by atoms with Gasteiger partial charge in [-0.2, -0.15) is 23.4 Å². The lowest BCUT2D eigenvalue weighted by atomic mass is 10.1. The number of hydrogen-bond donors (Lipinski definition) is 1. The van der Waals surface area contributed by atoms with Gasteiger partial charge in [0, 0.05) is 36.1 Å². The summed E-state index contributed by atoms with van der Waals surface area (Å²) in [6, 6.07) is 0. The van der Waals surface area contributed by atoms with E-state index in [1.165, 1.54) is 4.68 Å². The summed E-state index contributed by atoms with van der Waals surface area (Å²) in [5.74, 6) is -0.359. The van der Waals surface area contributed by atoms with Crippen LogP contribution in [0.1, 0.15) is 54.4 Å². The minimum atomic E-state index is -4.50. The van der Waals surface area contributed by atoms with Crippen molar-refractivity contribution in [3.63, 3.8) is 0 Å². The molecule has 9 heteroatoms. The van der Waals surface area contributed by atoms with E-state index in [1.807, 2.05) is 20.0 Å². The maximum absolute atomic E-state index is 13.3. The average Bonchev–Trinajstić information content (AvgIpc) is 3.03. The Labute approximate surface area is 155 Å². The van der Waals surface area contributed by atoms with E-state index in [-0.39, 0.29) is 18.0 Å². The van der Waals surface area contributed by atoms with Crippen LogP contribution in [0.25, 0.3) is 0 Å². The number of carbonyl (C=O) groups is 1. The van der Waals surface area contributed by atoms with Crippen molar-refractivity contribution in [3.05, 3.63) is 34.4 Å². The Balaban J connectivity index is 1.73. The summed E-state index contributed by atoms with van der Waals surface area (Å²) >= 11 is 0. The van der Waals surface area contributed by atoms with Crippen LogP contribution in [0.3, 0.4) is 0 Å². The molecule has 2 aromatic heterocycles. The predicted octanol–water partition coefficient (Wildman–Crippen LogP) is 3.01. The van der Waals surface area contributed by atoms with Crippen LogP contribution in [-0.2, 0) is 43.4 Å². The highest BCUT2D eigenvalue weighted by Crippen LogP contribution is 2.35. The molecule has 0 spiro atoms. The van der Waals surface area contributed by atoms with Crippen LogP contribution in [0.4, 0.5) is 13.2 Å². The third-order valence-electron chi connectivity index (χ3n) is 4.92. The fourth-order valence-corrected chi connectivity index (χ4v) is 3.49. The second-order valence-electron chi connectivity index (χ2n) is 6.86. The maximum atomic E-state index is 13.3. The van der Waals surface area contributed by atoms with Gasteiger partial charge in [-0.3, -0.25) is 14.2 Å². The number of nitrogens with one attached hydrogen (secondary N) is 1. The van der Waals surface area contributed by atoms with E-state index in [2.05, 4.69) is 15.5 Å². The molecule has 6 nitrogen and oxygen atoms in total. The van der Waals surface area contributed by atoms with Crippen molar-refractivity contribution < 1.29 is 18.0 Å². The van der Waals surface area contributed by atoms with Crippen molar-refractivity contribution in [3.8, 4) is 0 Å². The van der Waals surface area contributed by atoms with Gasteiger partial charge in [-0.25, -0.2) is 0 Å². The van der Waals surface area contributed by atoms with E-state index in [0.717, 1.165) is 30.6 Å². The lowest BCUT2D eigenvalue weighted by Gasteiger charge is -2.08. The van der Waals surface area contributed by atoms with Gasteiger partial charge >= 0.3 is 6.18 Å². The van der Waals surface area contributed by atoms with Crippen molar-refractivity contribution >= 4 is 5.91 Å². The van der Waals surface area contributed by atoms with Crippen molar-refractivity contribution in [2.75, 3.05) is 0 Å². The van der Waals surface area contributed by atoms with E-state index in [4.69, 9.17) is 0 Å². The van der Waals surface area contributed by atoms with Crippen molar-refractivity contribution in [1.29, 1.82) is 0 Å². The molecule has 0 saturated carbocycles. The molecule has 1 aliphatic rings. The molecule has 2 heterocycles. The van der Waals surface area contributed by atoms with Gasteiger partial charge < -0.3 is 5.32 Å². The van der Waals surface area contributed by atoms with Gasteiger partial charge in [0.15, 0.2) is 5.69 Å². The first-order chi connectivity index (χ1) is 12.8. The number of amides is 1. The minimum absolute atomic E-state index is 0.209. The van der Waals surface area contributed by atoms with E-state index < -0.39 is 11.9 Å². The summed E-state index contributed by atoms with van der Waals surface area (Å²) in [5, 5.41) is 10.8. The third-order valence-corrected chi connectivity index (χ3v) is 4.92. The van der Waals surface area contributed by atoms with Crippen LogP contribution < -0.4 is 5.32 Å². The molecule has 0 unspecified atom stereocenters. The van der Waals surface area contributed by atoms with E-state index in [9.17, 15) is 18.0 Å². The summed E-state index contributed by atoms with van der Waals surface area (Å²) in [4.78, 5) is 12.3. The molecule has 27 heavy (non-hydrogen) atoms. The number of fused-ring (bicyclic) bond motifs is 1. The Morgan fingerprint density at radius 3 is 2.63 bits per heavy atom. The number of alkyl halides is 3. The smallest absolute Gasteiger partial charge is 0.350 e. The van der Waals surface area contributed by atoms with Gasteiger partial charge in [0.1, 0.15) is 6.54 Å². The molecule has 0 fully saturated rings. The first-order valence-corrected chi connectivity index (χ1v) is 9.25. The van der Waals surface area contributed by atoms with Gasteiger partial charge in [-0.05, 0) is 39.5 Å². The highest BCUT2D eigenvalue weighted by atomic mass is 19.4. The predicted molar refractivity (Wildman–Crippen MR) is 93.0 cm³/mol. The average molecular weight is 383 g/mol. The normalized spacial score (nSPS) is 14.7. The van der Waals surface area contributed by atoms with E-state index >= 15 is 0 Å². The fraction of sp³-hybridized carbons (Fsp3) is 0.611. The quantitative estimate of drug-likeness (QED) is 0.808. The summed E-state index contributed by atoms with van der Waals surface area (Å²) in [5.41, 5.74) is 1.68. The van der Waals surface area contributed by atoms with Crippen LogP contribution in [0, 0.1) is 6.92 Å². The molecule has 1 aliphatic carbocycles. The van der Waals surface area contributed by atoms with Crippen LogP contribution >= 0.6 is 0 Å². The molecular formula is C18H24F3N5O. The molecular weight excluding hydrogens is 359 g/mol. The Hall–Kier alpha value is -2.32. The zero-order valence-electron chi connectivity index (χ0n) is 15.6. The molecule has 2 aromatic rings. The summed E-state index contributed by atoms with van der Waals surface area (Å²) in [6.45, 7) is 4.64. The van der Waals surface area contributed by atoms with Crippen LogP contribution in [0.5, 0.6) is 0 Å². The van der Waals surface area contributed by atoms with Crippen LogP contribution in [0.15, 0.2) is 6.20 Å². The van der Waals surface area contributed by atoms with Gasteiger partial charge in [-0.1, -0.05) is 6.42 Å². The Bertz CT molecular complexity index is 822. The molecule has 0 aromatic carbocycles. The molecule has 148 valence electrons. The second kappa shape index (κ2) is 7.74. The number of carbonyl (C=O) groups excluding carboxylic acids is 1. The highest BCUT2D eigenvalue weighted by molar-refractivity contribution is 5.75. The molecule has 1 amide bonds. The SMILES string of the molecule is CCn1cc(CNC(=O)Cn2nc(C(F)(F)F)c3c2CCCCC3)c(C)n1. The van der Waals surface area contributed by atoms with Crippen molar-refractivity contribution in [2.45, 2.75) is 71.8 Å². The molecule has 0 atom stereocenters. The topological polar surface area (TPSA) is 64.7 Å². The molecule has 0 bridgehead atoms. The number of hydrogen-bond acceptors (Lipinski definition) is 3.